The van der Waals surface area contributed by atoms with E-state index >= 15 is 0 Å². The maximum atomic E-state index is 13.2. The van der Waals surface area contributed by atoms with E-state index in [1.165, 1.54) is 12.1 Å². The summed E-state index contributed by atoms with van der Waals surface area (Å²) in [5.41, 5.74) is 4.01. The molecule has 140 valence electrons. The highest BCUT2D eigenvalue weighted by atomic mass is 32.2. The third-order valence-electron chi connectivity index (χ3n) is 4.06. The number of nitrogens with zero attached hydrogens (tertiary/aromatic N) is 1. The van der Waals surface area contributed by atoms with Gasteiger partial charge >= 0.3 is 0 Å². The molecule has 0 atom stereocenters. The van der Waals surface area contributed by atoms with Gasteiger partial charge in [-0.2, -0.15) is 0 Å². The van der Waals surface area contributed by atoms with Crippen LogP contribution >= 0.6 is 0 Å². The van der Waals surface area contributed by atoms with Crippen molar-refractivity contribution in [2.24, 2.45) is 5.84 Å². The summed E-state index contributed by atoms with van der Waals surface area (Å²) >= 11 is 0. The molecule has 0 saturated carbocycles. The van der Waals surface area contributed by atoms with Crippen LogP contribution in [0.25, 0.3) is 0 Å². The van der Waals surface area contributed by atoms with Crippen molar-refractivity contribution in [2.75, 3.05) is 10.8 Å². The van der Waals surface area contributed by atoms with Gasteiger partial charge in [0, 0.05) is 0 Å². The van der Waals surface area contributed by atoms with E-state index in [1.54, 1.807) is 0 Å². The zero-order chi connectivity index (χ0) is 19.3. The van der Waals surface area contributed by atoms with Gasteiger partial charge in [-0.05, 0) is 48.2 Å². The lowest BCUT2D eigenvalue weighted by atomic mass is 10.0. The molecule has 0 unspecified atom stereocenters. The number of rotatable bonds is 7. The molecule has 1 amide bonds. The largest absolute Gasteiger partial charge is 0.293 e. The van der Waals surface area contributed by atoms with Crippen molar-refractivity contribution in [1.29, 1.82) is 0 Å². The Balaban J connectivity index is 2.68. The third-order valence-corrected chi connectivity index (χ3v) is 5.82. The maximum absolute atomic E-state index is 13.2. The number of halogens is 1. The van der Waals surface area contributed by atoms with Crippen molar-refractivity contribution in [1.82, 2.24) is 5.43 Å². The summed E-state index contributed by atoms with van der Waals surface area (Å²) in [4.78, 5) is 11.8. The minimum Gasteiger partial charge on any atom is -0.293 e. The predicted molar refractivity (Wildman–Crippen MR) is 98.5 cm³/mol. The average molecular weight is 379 g/mol. The van der Waals surface area contributed by atoms with Gasteiger partial charge < -0.3 is 0 Å². The summed E-state index contributed by atoms with van der Waals surface area (Å²) in [5.74, 6) is 3.98. The average Bonchev–Trinajstić information content (AvgIpc) is 2.65. The van der Waals surface area contributed by atoms with Gasteiger partial charge in [0.05, 0.1) is 10.6 Å². The number of carbonyl (C=O) groups excluding carboxylic acids is 1. The Morgan fingerprint density at radius 1 is 1.08 bits per heavy atom. The minimum absolute atomic E-state index is 0.100. The van der Waals surface area contributed by atoms with Crippen molar-refractivity contribution in [3.8, 4) is 0 Å². The molecule has 0 fully saturated rings. The molecular formula is C18H22FN3O3S. The van der Waals surface area contributed by atoms with Crippen LogP contribution < -0.4 is 15.6 Å². The van der Waals surface area contributed by atoms with Crippen LogP contribution in [0.5, 0.6) is 0 Å². The standard InChI is InChI=1S/C18H22FN3O3S/c1-3-13-6-5-7-14(4-2)18(13)22(12-17(23)21-20)26(24,25)16-10-8-15(19)9-11-16/h5-11H,3-4,12,20H2,1-2H3,(H,21,23). The first-order valence-corrected chi connectivity index (χ1v) is 9.67. The molecule has 0 aliphatic carbocycles. The Morgan fingerprint density at radius 3 is 2.08 bits per heavy atom. The molecule has 0 aliphatic heterocycles. The number of anilines is 1. The normalized spacial score (nSPS) is 11.2. The lowest BCUT2D eigenvalue weighted by molar-refractivity contribution is -0.119. The minimum atomic E-state index is -4.09. The lowest BCUT2D eigenvalue weighted by Gasteiger charge is -2.28. The number of hydrogen-bond donors (Lipinski definition) is 2. The highest BCUT2D eigenvalue weighted by Gasteiger charge is 2.30. The number of carbonyl (C=O) groups is 1. The Hall–Kier alpha value is -2.45. The molecule has 2 aromatic carbocycles. The number of benzene rings is 2. The topological polar surface area (TPSA) is 92.5 Å². The molecule has 8 heteroatoms. The van der Waals surface area contributed by atoms with Crippen molar-refractivity contribution in [2.45, 2.75) is 31.6 Å². The first kappa shape index (κ1) is 19.9. The molecule has 2 rings (SSSR count). The summed E-state index contributed by atoms with van der Waals surface area (Å²) < 4.78 is 40.7. The molecule has 0 saturated heterocycles. The number of nitrogens with two attached hydrogens (primary N) is 1. The molecule has 0 aromatic heterocycles. The van der Waals surface area contributed by atoms with Crippen LogP contribution in [0, 0.1) is 5.82 Å². The molecule has 0 radical (unpaired) electrons. The van der Waals surface area contributed by atoms with Crippen LogP contribution in [-0.4, -0.2) is 20.9 Å². The Labute approximate surface area is 152 Å². The van der Waals surface area contributed by atoms with Gasteiger partial charge in [-0.1, -0.05) is 32.0 Å². The fourth-order valence-corrected chi connectivity index (χ4v) is 4.23. The second-order valence-corrected chi connectivity index (χ2v) is 7.53. The van der Waals surface area contributed by atoms with Gasteiger partial charge in [-0.25, -0.2) is 18.7 Å². The van der Waals surface area contributed by atoms with Crippen molar-refractivity contribution < 1.29 is 17.6 Å². The molecule has 0 spiro atoms. The van der Waals surface area contributed by atoms with E-state index in [-0.39, 0.29) is 4.90 Å². The summed E-state index contributed by atoms with van der Waals surface area (Å²) in [6, 6.07) is 9.99. The number of nitrogens with one attached hydrogen (secondary N) is 1. The number of aryl methyl sites for hydroxylation is 2. The van der Waals surface area contributed by atoms with Crippen LogP contribution in [-0.2, 0) is 27.7 Å². The molecule has 26 heavy (non-hydrogen) atoms. The van der Waals surface area contributed by atoms with Crippen molar-refractivity contribution in [3.63, 3.8) is 0 Å². The Bertz CT molecular complexity index is 861. The van der Waals surface area contributed by atoms with Crippen LogP contribution in [0.3, 0.4) is 0 Å². The van der Waals surface area contributed by atoms with Crippen LogP contribution in [0.2, 0.25) is 0 Å². The summed E-state index contributed by atoms with van der Waals surface area (Å²) in [6.45, 7) is 3.34. The van der Waals surface area contributed by atoms with Gasteiger partial charge in [0.1, 0.15) is 12.4 Å². The molecule has 6 nitrogen and oxygen atoms in total. The Morgan fingerprint density at radius 2 is 1.62 bits per heavy atom. The number of sulfonamides is 1. The van der Waals surface area contributed by atoms with Gasteiger partial charge in [0.2, 0.25) is 0 Å². The van der Waals surface area contributed by atoms with E-state index in [4.69, 9.17) is 5.84 Å². The van der Waals surface area contributed by atoms with Gasteiger partial charge in [-0.3, -0.25) is 14.5 Å². The quantitative estimate of drug-likeness (QED) is 0.438. The number of para-hydroxylation sites is 1. The van der Waals surface area contributed by atoms with Gasteiger partial charge in [-0.15, -0.1) is 0 Å². The van der Waals surface area contributed by atoms with E-state index in [0.717, 1.165) is 27.6 Å². The summed E-state index contributed by atoms with van der Waals surface area (Å²) in [6.07, 6.45) is 1.17. The second-order valence-electron chi connectivity index (χ2n) is 5.67. The monoisotopic (exact) mass is 379 g/mol. The van der Waals surface area contributed by atoms with E-state index in [9.17, 15) is 17.6 Å². The highest BCUT2D eigenvalue weighted by molar-refractivity contribution is 7.92. The molecule has 0 heterocycles. The fraction of sp³-hybridized carbons (Fsp3) is 0.278. The van der Waals surface area contributed by atoms with Gasteiger partial charge in [0.15, 0.2) is 0 Å². The lowest BCUT2D eigenvalue weighted by Crippen LogP contribution is -2.43. The van der Waals surface area contributed by atoms with Crippen molar-refractivity contribution >= 4 is 21.6 Å². The van der Waals surface area contributed by atoms with E-state index < -0.39 is 28.3 Å². The van der Waals surface area contributed by atoms with Crippen LogP contribution in [0.15, 0.2) is 47.4 Å². The van der Waals surface area contributed by atoms with Crippen molar-refractivity contribution in [3.05, 3.63) is 59.4 Å². The SMILES string of the molecule is CCc1cccc(CC)c1N(CC(=O)NN)S(=O)(=O)c1ccc(F)cc1. The van der Waals surface area contributed by atoms with Crippen LogP contribution in [0.4, 0.5) is 10.1 Å². The molecule has 0 aliphatic rings. The summed E-state index contributed by atoms with van der Waals surface area (Å²) in [7, 11) is -4.09. The van der Waals surface area contributed by atoms with E-state index in [1.807, 2.05) is 37.5 Å². The predicted octanol–water partition coefficient (Wildman–Crippen LogP) is 2.14. The Kier molecular flexibility index (Phi) is 6.33. The number of hydrazine groups is 1. The maximum Gasteiger partial charge on any atom is 0.264 e. The molecule has 2 aromatic rings. The smallest absolute Gasteiger partial charge is 0.264 e. The van der Waals surface area contributed by atoms with Crippen LogP contribution in [0.1, 0.15) is 25.0 Å². The highest BCUT2D eigenvalue weighted by Crippen LogP contribution is 2.31. The molecular weight excluding hydrogens is 357 g/mol. The number of hydrogen-bond acceptors (Lipinski definition) is 4. The number of amides is 1. The third kappa shape index (κ3) is 4.03. The fourth-order valence-electron chi connectivity index (χ4n) is 2.73. The second kappa shape index (κ2) is 8.29. The summed E-state index contributed by atoms with van der Waals surface area (Å²) in [5, 5.41) is 0. The van der Waals surface area contributed by atoms with E-state index in [2.05, 4.69) is 0 Å². The van der Waals surface area contributed by atoms with E-state index in [0.29, 0.717) is 18.5 Å². The zero-order valence-electron chi connectivity index (χ0n) is 14.7. The van der Waals surface area contributed by atoms with Gasteiger partial charge in [0.25, 0.3) is 15.9 Å². The first-order chi connectivity index (χ1) is 12.3. The molecule has 0 bridgehead atoms. The molecule has 3 N–H and O–H groups in total. The first-order valence-electron chi connectivity index (χ1n) is 8.23. The zero-order valence-corrected chi connectivity index (χ0v) is 15.5.